The maximum Gasteiger partial charge on any atom is 0.142 e. The van der Waals surface area contributed by atoms with E-state index >= 15 is 0 Å². The summed E-state index contributed by atoms with van der Waals surface area (Å²) in [6.07, 6.45) is 6.11. The van der Waals surface area contributed by atoms with E-state index in [0.717, 1.165) is 29.8 Å². The Morgan fingerprint density at radius 3 is 2.40 bits per heavy atom. The third kappa shape index (κ3) is 3.57. The van der Waals surface area contributed by atoms with E-state index in [1.165, 1.54) is 0 Å². The summed E-state index contributed by atoms with van der Waals surface area (Å²) in [5.41, 5.74) is 1.21. The van der Waals surface area contributed by atoms with Crippen molar-refractivity contribution in [1.82, 2.24) is 0 Å². The van der Waals surface area contributed by atoms with E-state index in [2.05, 4.69) is 30.4 Å². The molecule has 0 bridgehead atoms. The van der Waals surface area contributed by atoms with Crippen LogP contribution in [0.4, 0.5) is 5.69 Å². The molecule has 3 rings (SSSR count). The van der Waals surface area contributed by atoms with Crippen LogP contribution in [0.1, 0.15) is 38.2 Å². The van der Waals surface area contributed by atoms with Crippen molar-refractivity contribution in [3.63, 3.8) is 0 Å². The van der Waals surface area contributed by atoms with E-state index in [1.54, 1.807) is 7.11 Å². The van der Waals surface area contributed by atoms with Crippen molar-refractivity contribution < 1.29 is 9.84 Å². The topological polar surface area (TPSA) is 41.5 Å². The summed E-state index contributed by atoms with van der Waals surface area (Å²) in [5, 5.41) is 14.6. The van der Waals surface area contributed by atoms with Crippen molar-refractivity contribution in [3.05, 3.63) is 72.4 Å². The zero-order valence-corrected chi connectivity index (χ0v) is 15.2. The molecule has 0 amide bonds. The predicted molar refractivity (Wildman–Crippen MR) is 103 cm³/mol. The van der Waals surface area contributed by atoms with E-state index in [1.807, 2.05) is 55.6 Å². The average Bonchev–Trinajstić information content (AvgIpc) is 3.39. The van der Waals surface area contributed by atoms with Crippen LogP contribution in [0.3, 0.4) is 0 Å². The van der Waals surface area contributed by atoms with E-state index in [0.29, 0.717) is 0 Å². The van der Waals surface area contributed by atoms with Gasteiger partial charge in [-0.15, -0.1) is 0 Å². The van der Waals surface area contributed by atoms with Gasteiger partial charge in [0, 0.05) is 5.92 Å². The molecule has 0 aliphatic heterocycles. The highest BCUT2D eigenvalue weighted by molar-refractivity contribution is 5.57. The number of hydrogen-bond donors (Lipinski definition) is 2. The summed E-state index contributed by atoms with van der Waals surface area (Å²) in [6.45, 7) is 4.13. The molecular formula is C22H27NO2. The normalized spacial score (nSPS) is 19.2. The molecule has 0 spiro atoms. The third-order valence-corrected chi connectivity index (χ3v) is 5.62. The molecule has 2 N–H and O–H groups in total. The standard InChI is InChI=1S/C22H27NO2/c1-21(14-15-21)22(2,24)18(17-9-5-4-6-10-17)13-16-23-19-11-7-8-12-20(19)25-3/h4-13,16,18,23-24H,14-15H2,1-3H3/b16-13-/t18-,22+/m0/s1. The molecule has 132 valence electrons. The first-order chi connectivity index (χ1) is 12.0. The second-order valence-electron chi connectivity index (χ2n) is 7.30. The lowest BCUT2D eigenvalue weighted by Crippen LogP contribution is -2.40. The number of nitrogens with one attached hydrogen (secondary N) is 1. The van der Waals surface area contributed by atoms with Crippen LogP contribution < -0.4 is 10.1 Å². The Morgan fingerprint density at radius 2 is 1.76 bits per heavy atom. The van der Waals surface area contributed by atoms with Gasteiger partial charge in [-0.3, -0.25) is 0 Å². The zero-order chi connectivity index (χ0) is 17.9. The number of hydrogen-bond acceptors (Lipinski definition) is 3. The number of methoxy groups -OCH3 is 1. The molecule has 25 heavy (non-hydrogen) atoms. The van der Waals surface area contributed by atoms with Gasteiger partial charge >= 0.3 is 0 Å². The molecule has 0 saturated heterocycles. The first-order valence-corrected chi connectivity index (χ1v) is 8.81. The molecule has 2 atom stereocenters. The maximum atomic E-state index is 11.3. The van der Waals surface area contributed by atoms with Gasteiger partial charge in [-0.2, -0.15) is 0 Å². The van der Waals surface area contributed by atoms with Crippen molar-refractivity contribution in [2.75, 3.05) is 12.4 Å². The Bertz CT molecular complexity index is 733. The van der Waals surface area contributed by atoms with Gasteiger partial charge in [-0.1, -0.05) is 55.5 Å². The molecule has 1 aliphatic rings. The van der Waals surface area contributed by atoms with Gasteiger partial charge in [0.2, 0.25) is 0 Å². The molecule has 1 fully saturated rings. The smallest absolute Gasteiger partial charge is 0.142 e. The molecule has 3 heteroatoms. The number of ether oxygens (including phenoxy) is 1. The number of aliphatic hydroxyl groups is 1. The lowest BCUT2D eigenvalue weighted by Gasteiger charge is -2.37. The zero-order valence-electron chi connectivity index (χ0n) is 15.2. The summed E-state index contributed by atoms with van der Waals surface area (Å²) >= 11 is 0. The van der Waals surface area contributed by atoms with Crippen LogP contribution >= 0.6 is 0 Å². The monoisotopic (exact) mass is 337 g/mol. The van der Waals surface area contributed by atoms with Crippen molar-refractivity contribution >= 4 is 5.69 Å². The summed E-state index contributed by atoms with van der Waals surface area (Å²) in [4.78, 5) is 0. The van der Waals surface area contributed by atoms with E-state index in [9.17, 15) is 5.11 Å². The van der Waals surface area contributed by atoms with Crippen molar-refractivity contribution in [2.24, 2.45) is 5.41 Å². The molecule has 0 aromatic heterocycles. The quantitative estimate of drug-likeness (QED) is 0.750. The fourth-order valence-electron chi connectivity index (χ4n) is 3.35. The van der Waals surface area contributed by atoms with Crippen LogP contribution in [-0.4, -0.2) is 17.8 Å². The van der Waals surface area contributed by atoms with Gasteiger partial charge in [0.05, 0.1) is 18.4 Å². The van der Waals surface area contributed by atoms with Crippen LogP contribution in [-0.2, 0) is 0 Å². The minimum atomic E-state index is -0.798. The first kappa shape index (κ1) is 17.6. The Kier molecular flexibility index (Phi) is 4.87. The van der Waals surface area contributed by atoms with Gasteiger partial charge < -0.3 is 15.2 Å². The van der Waals surface area contributed by atoms with E-state index in [4.69, 9.17) is 4.74 Å². The number of para-hydroxylation sites is 2. The fourth-order valence-corrected chi connectivity index (χ4v) is 3.35. The summed E-state index contributed by atoms with van der Waals surface area (Å²) in [6, 6.07) is 18.0. The predicted octanol–water partition coefficient (Wildman–Crippen LogP) is 4.96. The Morgan fingerprint density at radius 1 is 1.12 bits per heavy atom. The van der Waals surface area contributed by atoms with Crippen molar-refractivity contribution in [2.45, 2.75) is 38.2 Å². The third-order valence-electron chi connectivity index (χ3n) is 5.62. The largest absolute Gasteiger partial charge is 0.495 e. The Hall–Kier alpha value is -2.26. The minimum Gasteiger partial charge on any atom is -0.495 e. The number of benzene rings is 2. The average molecular weight is 337 g/mol. The molecule has 1 aliphatic carbocycles. The molecule has 2 aromatic rings. The Balaban J connectivity index is 1.85. The fraction of sp³-hybridized carbons (Fsp3) is 0.364. The van der Waals surface area contributed by atoms with Crippen molar-refractivity contribution in [3.8, 4) is 5.75 Å². The molecule has 3 nitrogen and oxygen atoms in total. The molecule has 1 saturated carbocycles. The van der Waals surface area contributed by atoms with Gasteiger partial charge in [0.25, 0.3) is 0 Å². The molecule has 2 aromatic carbocycles. The molecule has 0 unspecified atom stereocenters. The highest BCUT2D eigenvalue weighted by Gasteiger charge is 2.55. The molecule has 0 radical (unpaired) electrons. The number of rotatable bonds is 7. The molecular weight excluding hydrogens is 310 g/mol. The van der Waals surface area contributed by atoms with Gasteiger partial charge in [0.15, 0.2) is 0 Å². The van der Waals surface area contributed by atoms with E-state index in [-0.39, 0.29) is 11.3 Å². The van der Waals surface area contributed by atoms with Crippen LogP contribution in [0.25, 0.3) is 0 Å². The highest BCUT2D eigenvalue weighted by atomic mass is 16.5. The lowest BCUT2D eigenvalue weighted by atomic mass is 9.73. The summed E-state index contributed by atoms with van der Waals surface area (Å²) in [5.74, 6) is 0.715. The van der Waals surface area contributed by atoms with Gasteiger partial charge in [-0.05, 0) is 49.1 Å². The lowest BCUT2D eigenvalue weighted by molar-refractivity contribution is -0.0206. The van der Waals surface area contributed by atoms with Crippen LogP contribution in [0, 0.1) is 5.41 Å². The Labute approximate surface area is 150 Å². The first-order valence-electron chi connectivity index (χ1n) is 8.81. The van der Waals surface area contributed by atoms with Gasteiger partial charge in [-0.25, -0.2) is 0 Å². The molecule has 0 heterocycles. The van der Waals surface area contributed by atoms with Crippen molar-refractivity contribution in [1.29, 1.82) is 0 Å². The summed E-state index contributed by atoms with van der Waals surface area (Å²) in [7, 11) is 1.66. The van der Waals surface area contributed by atoms with E-state index < -0.39 is 5.60 Å². The highest BCUT2D eigenvalue weighted by Crippen LogP contribution is 2.58. The van der Waals surface area contributed by atoms with Crippen LogP contribution in [0.15, 0.2) is 66.9 Å². The summed E-state index contributed by atoms with van der Waals surface area (Å²) < 4.78 is 5.37. The van der Waals surface area contributed by atoms with Crippen LogP contribution in [0.2, 0.25) is 0 Å². The second-order valence-corrected chi connectivity index (χ2v) is 7.30. The SMILES string of the molecule is COc1ccccc1N/C=C\[C@@H](c1ccccc1)[C@@](C)(O)C1(C)CC1. The maximum absolute atomic E-state index is 11.3. The minimum absolute atomic E-state index is 0.0255. The van der Waals surface area contributed by atoms with Crippen LogP contribution in [0.5, 0.6) is 5.75 Å². The second kappa shape index (κ2) is 6.93. The van der Waals surface area contributed by atoms with Gasteiger partial charge in [0.1, 0.15) is 5.75 Å². The number of anilines is 1.